The van der Waals surface area contributed by atoms with Gasteiger partial charge in [0.2, 0.25) is 0 Å². The Morgan fingerprint density at radius 3 is 2.87 bits per heavy atom. The largest absolute Gasteiger partial charge is 0.491 e. The Morgan fingerprint density at radius 1 is 1.60 bits per heavy atom. The van der Waals surface area contributed by atoms with E-state index in [1.54, 1.807) is 6.07 Å². The summed E-state index contributed by atoms with van der Waals surface area (Å²) in [4.78, 5) is 10.0. The first-order chi connectivity index (χ1) is 7.15. The zero-order valence-electron chi connectivity index (χ0n) is 8.20. The molecule has 0 aliphatic rings. The van der Waals surface area contributed by atoms with Crippen LogP contribution in [0.15, 0.2) is 22.7 Å². The van der Waals surface area contributed by atoms with Crippen LogP contribution in [0, 0.1) is 10.1 Å². The molecule has 0 saturated heterocycles. The molecule has 0 radical (unpaired) electrons. The number of non-ortho nitro benzene ring substituents is 1. The number of nitrogens with one attached hydrogen (secondary N) is 1. The maximum Gasteiger partial charge on any atom is 0.270 e. The van der Waals surface area contributed by atoms with Gasteiger partial charge in [0.1, 0.15) is 12.4 Å². The Bertz CT molecular complexity index is 357. The molecule has 0 fully saturated rings. The molecule has 0 spiro atoms. The van der Waals surface area contributed by atoms with Crippen molar-refractivity contribution in [2.24, 2.45) is 0 Å². The number of rotatable bonds is 5. The summed E-state index contributed by atoms with van der Waals surface area (Å²) in [7, 11) is 1.83. The van der Waals surface area contributed by atoms with Crippen LogP contribution in [0.25, 0.3) is 0 Å². The second kappa shape index (κ2) is 5.67. The molecule has 1 aromatic carbocycles. The fourth-order valence-electron chi connectivity index (χ4n) is 0.983. The van der Waals surface area contributed by atoms with Crippen molar-refractivity contribution in [1.29, 1.82) is 0 Å². The summed E-state index contributed by atoms with van der Waals surface area (Å²) in [6.45, 7) is 1.25. The van der Waals surface area contributed by atoms with Crippen molar-refractivity contribution >= 4 is 21.6 Å². The van der Waals surface area contributed by atoms with Crippen LogP contribution in [0.4, 0.5) is 5.69 Å². The van der Waals surface area contributed by atoms with Crippen molar-refractivity contribution in [1.82, 2.24) is 5.32 Å². The predicted molar refractivity (Wildman–Crippen MR) is 60.2 cm³/mol. The van der Waals surface area contributed by atoms with Crippen molar-refractivity contribution in [2.45, 2.75) is 0 Å². The highest BCUT2D eigenvalue weighted by atomic mass is 79.9. The van der Waals surface area contributed by atoms with Gasteiger partial charge in [-0.05, 0) is 29.0 Å². The van der Waals surface area contributed by atoms with Gasteiger partial charge in [-0.1, -0.05) is 0 Å². The van der Waals surface area contributed by atoms with Gasteiger partial charge in [-0.3, -0.25) is 10.1 Å². The van der Waals surface area contributed by atoms with Crippen LogP contribution >= 0.6 is 15.9 Å². The lowest BCUT2D eigenvalue weighted by molar-refractivity contribution is -0.385. The van der Waals surface area contributed by atoms with E-state index in [0.29, 0.717) is 16.8 Å². The van der Waals surface area contributed by atoms with Gasteiger partial charge < -0.3 is 10.1 Å². The van der Waals surface area contributed by atoms with E-state index in [0.717, 1.165) is 6.54 Å². The molecule has 5 nitrogen and oxygen atoms in total. The van der Waals surface area contributed by atoms with E-state index in [-0.39, 0.29) is 5.69 Å². The molecular formula is C9H11BrN2O3. The fraction of sp³-hybridized carbons (Fsp3) is 0.333. The Labute approximate surface area is 95.7 Å². The highest BCUT2D eigenvalue weighted by Crippen LogP contribution is 2.28. The fourth-order valence-corrected chi connectivity index (χ4v) is 1.46. The first kappa shape index (κ1) is 11.9. The van der Waals surface area contributed by atoms with E-state index in [1.807, 2.05) is 7.05 Å². The molecule has 0 unspecified atom stereocenters. The van der Waals surface area contributed by atoms with E-state index < -0.39 is 4.92 Å². The van der Waals surface area contributed by atoms with Crippen LogP contribution in [0.2, 0.25) is 0 Å². The lowest BCUT2D eigenvalue weighted by atomic mass is 10.3. The van der Waals surface area contributed by atoms with Crippen LogP contribution in [0.5, 0.6) is 5.75 Å². The number of ether oxygens (including phenoxy) is 1. The molecule has 0 aliphatic heterocycles. The third kappa shape index (κ3) is 3.49. The molecule has 0 heterocycles. The van der Waals surface area contributed by atoms with Crippen molar-refractivity contribution in [2.75, 3.05) is 20.2 Å². The van der Waals surface area contributed by atoms with Crippen LogP contribution in [0.3, 0.4) is 0 Å². The van der Waals surface area contributed by atoms with Crippen LogP contribution in [-0.4, -0.2) is 25.1 Å². The van der Waals surface area contributed by atoms with Gasteiger partial charge in [0, 0.05) is 18.7 Å². The molecule has 0 aromatic heterocycles. The summed E-state index contributed by atoms with van der Waals surface area (Å²) >= 11 is 3.22. The van der Waals surface area contributed by atoms with Gasteiger partial charge in [-0.25, -0.2) is 0 Å². The third-order valence-corrected chi connectivity index (χ3v) is 2.36. The van der Waals surface area contributed by atoms with Crippen LogP contribution < -0.4 is 10.1 Å². The molecule has 1 N–H and O–H groups in total. The minimum absolute atomic E-state index is 0.0443. The number of hydrogen-bond donors (Lipinski definition) is 1. The zero-order chi connectivity index (χ0) is 11.3. The van der Waals surface area contributed by atoms with E-state index in [9.17, 15) is 10.1 Å². The molecule has 0 amide bonds. The second-order valence-electron chi connectivity index (χ2n) is 2.82. The van der Waals surface area contributed by atoms with Gasteiger partial charge >= 0.3 is 0 Å². The Balaban J connectivity index is 2.70. The van der Waals surface area contributed by atoms with Crippen molar-refractivity contribution in [3.05, 3.63) is 32.8 Å². The normalized spacial score (nSPS) is 10.0. The number of likely N-dealkylation sites (N-methyl/N-ethyl adjacent to an activating group) is 1. The van der Waals surface area contributed by atoms with Gasteiger partial charge in [-0.15, -0.1) is 0 Å². The average molecular weight is 275 g/mol. The number of hydrogen-bond acceptors (Lipinski definition) is 4. The lowest BCUT2D eigenvalue weighted by Crippen LogP contribution is -2.16. The van der Waals surface area contributed by atoms with E-state index in [1.165, 1.54) is 12.1 Å². The third-order valence-electron chi connectivity index (χ3n) is 1.74. The maximum atomic E-state index is 10.5. The highest BCUT2D eigenvalue weighted by Gasteiger charge is 2.09. The molecule has 15 heavy (non-hydrogen) atoms. The van der Waals surface area contributed by atoms with Crippen molar-refractivity contribution in [3.63, 3.8) is 0 Å². The quantitative estimate of drug-likeness (QED) is 0.507. The van der Waals surface area contributed by atoms with Gasteiger partial charge in [-0.2, -0.15) is 0 Å². The summed E-state index contributed by atoms with van der Waals surface area (Å²) in [5.74, 6) is 0.607. The highest BCUT2D eigenvalue weighted by molar-refractivity contribution is 9.10. The van der Waals surface area contributed by atoms with Crippen LogP contribution in [-0.2, 0) is 0 Å². The molecule has 0 saturated carbocycles. The first-order valence-electron chi connectivity index (χ1n) is 4.36. The molecular weight excluding hydrogens is 264 g/mol. The van der Waals surface area contributed by atoms with Crippen LogP contribution in [0.1, 0.15) is 0 Å². The average Bonchev–Trinajstić information content (AvgIpc) is 2.20. The molecule has 82 valence electrons. The van der Waals surface area contributed by atoms with Crippen molar-refractivity contribution in [3.8, 4) is 5.75 Å². The van der Waals surface area contributed by atoms with Gasteiger partial charge in [0.15, 0.2) is 0 Å². The predicted octanol–water partition coefficient (Wildman–Crippen LogP) is 1.96. The summed E-state index contributed by atoms with van der Waals surface area (Å²) in [6.07, 6.45) is 0. The summed E-state index contributed by atoms with van der Waals surface area (Å²) in [5, 5.41) is 13.4. The molecule has 0 bridgehead atoms. The molecule has 0 aliphatic carbocycles. The Hall–Kier alpha value is -1.14. The number of halogens is 1. The molecule has 6 heteroatoms. The second-order valence-corrected chi connectivity index (χ2v) is 3.68. The minimum atomic E-state index is -0.442. The summed E-state index contributed by atoms with van der Waals surface area (Å²) in [5.41, 5.74) is 0.0443. The smallest absolute Gasteiger partial charge is 0.270 e. The lowest BCUT2D eigenvalue weighted by Gasteiger charge is -2.07. The van der Waals surface area contributed by atoms with E-state index in [4.69, 9.17) is 4.74 Å². The minimum Gasteiger partial charge on any atom is -0.491 e. The van der Waals surface area contributed by atoms with Crippen molar-refractivity contribution < 1.29 is 9.66 Å². The van der Waals surface area contributed by atoms with E-state index in [2.05, 4.69) is 21.2 Å². The maximum absolute atomic E-state index is 10.5. The molecule has 1 aromatic rings. The number of nitrogens with zero attached hydrogens (tertiary/aromatic N) is 1. The first-order valence-corrected chi connectivity index (χ1v) is 5.16. The number of nitro benzene ring substituents is 1. The van der Waals surface area contributed by atoms with Gasteiger partial charge in [0.05, 0.1) is 9.40 Å². The zero-order valence-corrected chi connectivity index (χ0v) is 9.78. The van der Waals surface area contributed by atoms with Gasteiger partial charge in [0.25, 0.3) is 5.69 Å². The summed E-state index contributed by atoms with van der Waals surface area (Å²) < 4.78 is 5.97. The standard InChI is InChI=1S/C9H11BrN2O3/c1-11-4-5-15-9-3-2-7(12(13)14)6-8(9)10/h2-3,6,11H,4-5H2,1H3. The Kier molecular flexibility index (Phi) is 4.51. The summed E-state index contributed by atoms with van der Waals surface area (Å²) in [6, 6.07) is 4.42. The SMILES string of the molecule is CNCCOc1ccc([N+](=O)[O-])cc1Br. The molecule has 0 atom stereocenters. The molecule has 1 rings (SSSR count). The number of nitro groups is 1. The monoisotopic (exact) mass is 274 g/mol. The topological polar surface area (TPSA) is 64.4 Å². The Morgan fingerprint density at radius 2 is 2.33 bits per heavy atom. The van der Waals surface area contributed by atoms with E-state index >= 15 is 0 Å². The number of benzene rings is 1.